The van der Waals surface area contributed by atoms with Gasteiger partial charge in [-0.2, -0.15) is 0 Å². The van der Waals surface area contributed by atoms with E-state index in [2.05, 4.69) is 197 Å². The Morgan fingerprint density at radius 1 is 0.297 bits per heavy atom. The fourth-order valence-electron chi connectivity index (χ4n) is 9.95. The van der Waals surface area contributed by atoms with Crippen LogP contribution in [0.15, 0.2) is 0 Å². The van der Waals surface area contributed by atoms with Gasteiger partial charge >= 0.3 is 34.2 Å². The van der Waals surface area contributed by atoms with Crippen LogP contribution in [0.3, 0.4) is 0 Å². The van der Waals surface area contributed by atoms with Crippen molar-refractivity contribution in [3.8, 4) is 0 Å². The molecule has 0 aromatic rings. The zero-order valence-electron chi connectivity index (χ0n) is 64.4. The van der Waals surface area contributed by atoms with Crippen LogP contribution in [-0.2, 0) is 51.9 Å². The molecule has 0 aromatic carbocycles. The van der Waals surface area contributed by atoms with Gasteiger partial charge in [0.05, 0.1) is 59.0 Å². The van der Waals surface area contributed by atoms with Crippen LogP contribution in [0.5, 0.6) is 0 Å². The Kier molecular flexibility index (Phi) is 50.5. The minimum atomic E-state index is -2.28. The molecule has 0 amide bonds. The predicted molar refractivity (Wildman–Crippen MR) is 407 cm³/mol. The molecule has 0 aliphatic carbocycles. The van der Waals surface area contributed by atoms with Crippen LogP contribution in [0.25, 0.3) is 0 Å². The summed E-state index contributed by atoms with van der Waals surface area (Å²) in [7, 11) is -22.0. The lowest BCUT2D eigenvalue weighted by molar-refractivity contribution is -0.0238. The Morgan fingerprint density at radius 3 is 0.945 bits per heavy atom. The van der Waals surface area contributed by atoms with Crippen molar-refractivity contribution in [3.05, 3.63) is 0 Å². The van der Waals surface area contributed by atoms with E-state index in [-0.39, 0.29) is 59.0 Å². The second-order valence-corrected chi connectivity index (χ2v) is 84.9. The van der Waals surface area contributed by atoms with Crippen LogP contribution < -0.4 is 0 Å². The maximum Gasteiger partial charge on any atom is 0.317 e. The molecule has 0 rings (SSSR count). The molecule has 32 heteroatoms. The van der Waals surface area contributed by atoms with Crippen LogP contribution in [0, 0.1) is 5.92 Å². The first kappa shape index (κ1) is 99.2. The van der Waals surface area contributed by atoms with E-state index in [1.165, 1.54) is 19.3 Å². The zero-order chi connectivity index (χ0) is 72.4. The summed E-state index contributed by atoms with van der Waals surface area (Å²) in [5.41, 5.74) is 0.317. The first-order valence-corrected chi connectivity index (χ1v) is 71.0. The Balaban J connectivity index is -0.000000555. The maximum atomic E-state index is 9.34. The number of hydrogen-bond acceptors (Lipinski definition) is 20. The van der Waals surface area contributed by atoms with Gasteiger partial charge in [0.1, 0.15) is 24.4 Å². The molecule has 0 saturated carbocycles. The van der Waals surface area contributed by atoms with Gasteiger partial charge in [-0.15, -0.1) is 0 Å². The van der Waals surface area contributed by atoms with Gasteiger partial charge in [0.2, 0.25) is 0 Å². The first-order valence-electron chi connectivity index (χ1n) is 33.8. The van der Waals surface area contributed by atoms with Crippen LogP contribution in [-0.4, -0.2) is 245 Å². The number of rotatable bonds is 48. The van der Waals surface area contributed by atoms with E-state index >= 15 is 0 Å². The summed E-state index contributed by atoms with van der Waals surface area (Å²) >= 11 is 0. The SMILES string of the molecule is CC(CCOCC(O)CO)[Si](C)(O[Si](C)(C)C)O[Si](C)(C)C.CC(CC[Si](C)(O[Si](C)(C)C)O[Si](C)(C)C)OCC(O)CO.CC(COCC(O)CO)C[Si](C)(O[Si](C)(C)C)O[Si](C)(C)C.C[Si](C)(C)O[Si](C)(CCCCCCCOCC(O)CO)O[Si](C)(C)C. The molecule has 554 valence electrons. The molecule has 0 aliphatic rings. The van der Waals surface area contributed by atoms with Crippen LogP contribution >= 0.6 is 0 Å². The summed E-state index contributed by atoms with van der Waals surface area (Å²) < 4.78 is 73.7. The number of ether oxygens (including phenoxy) is 4. The summed E-state index contributed by atoms with van der Waals surface area (Å²) in [5, 5.41) is 72.2. The van der Waals surface area contributed by atoms with Crippen molar-refractivity contribution in [2.24, 2.45) is 5.92 Å². The van der Waals surface area contributed by atoms with Crippen molar-refractivity contribution in [1.29, 1.82) is 0 Å². The summed E-state index contributed by atoms with van der Waals surface area (Å²) in [6, 6.07) is 2.86. The largest absolute Gasteiger partial charge is 0.437 e. The van der Waals surface area contributed by atoms with Crippen LogP contribution in [0.4, 0.5) is 0 Å². The Bertz CT molecular complexity index is 1730. The van der Waals surface area contributed by atoms with Gasteiger partial charge in [-0.05, 0) is 234 Å². The second-order valence-electron chi connectivity index (χ2n) is 33.4. The van der Waals surface area contributed by atoms with Gasteiger partial charge in [-0.25, -0.2) is 0 Å². The number of aliphatic hydroxyl groups is 8. The molecule has 91 heavy (non-hydrogen) atoms. The predicted octanol–water partition coefficient (Wildman–Crippen LogP) is 12.7. The van der Waals surface area contributed by atoms with Crippen LogP contribution in [0.1, 0.15) is 65.7 Å². The average molecular weight is 1520 g/mol. The van der Waals surface area contributed by atoms with Gasteiger partial charge in [0.25, 0.3) is 0 Å². The molecular formula is C59H150O20Si12. The summed E-state index contributed by atoms with van der Waals surface area (Å²) in [6.45, 7) is 69.6. The average Bonchev–Trinajstić information content (AvgIpc) is 0.984. The molecule has 8 N–H and O–H groups in total. The molecular weight excluding hydrogens is 1370 g/mol. The van der Waals surface area contributed by atoms with E-state index in [0.29, 0.717) is 31.3 Å². The van der Waals surface area contributed by atoms with Gasteiger partial charge in [0, 0.05) is 25.4 Å². The minimum absolute atomic E-state index is 0.0171. The second kappa shape index (κ2) is 46.3. The Labute approximate surface area is 571 Å². The lowest BCUT2D eigenvalue weighted by atomic mass is 10.2. The zero-order valence-corrected chi connectivity index (χ0v) is 76.4. The third kappa shape index (κ3) is 66.1. The molecule has 7 atom stereocenters. The van der Waals surface area contributed by atoms with Crippen molar-refractivity contribution in [2.75, 3.05) is 72.7 Å². The topological polar surface area (TPSA) is 273 Å². The van der Waals surface area contributed by atoms with Gasteiger partial charge in [0.15, 0.2) is 66.5 Å². The lowest BCUT2D eigenvalue weighted by Crippen LogP contribution is -2.55. The molecule has 0 radical (unpaired) electrons. The third-order valence-electron chi connectivity index (χ3n) is 12.1. The smallest absolute Gasteiger partial charge is 0.317 e. The van der Waals surface area contributed by atoms with Gasteiger partial charge in [-0.1, -0.05) is 39.5 Å². The highest BCUT2D eigenvalue weighted by atomic mass is 28.5. The molecule has 0 saturated heterocycles. The molecule has 0 aromatic heterocycles. The highest BCUT2D eigenvalue weighted by Gasteiger charge is 2.46. The summed E-state index contributed by atoms with van der Waals surface area (Å²) in [4.78, 5) is 0. The number of hydrogen-bond donors (Lipinski definition) is 8. The standard InChI is InChI=1S/C17H42O5Si3.3C14H36O5Si3/c1-23(2,3)21-25(7,22-24(4,5)6)14-12-10-8-9-11-13-20-16-17(19)15-18;1-13(10-17-11-14(16)9-15)12-22(8,18-20(2,3)4)19-21(5,6)7;1-13(17-12-14(16)11-15)9-10-22(8,18-20(2,3)4)19-21(5,6)7;1-13(9-10-17-12-14(16)11-15)22(8,18-20(2,3)4)19-21(5,6)7/h17-19H,8-16H2,1-7H3;3*13-16H,9-12H2,1-8H3. The van der Waals surface area contributed by atoms with Crippen molar-refractivity contribution in [3.63, 3.8) is 0 Å². The third-order valence-corrected chi connectivity index (χ3v) is 51.3. The van der Waals surface area contributed by atoms with Gasteiger partial charge in [-0.3, -0.25) is 0 Å². The molecule has 0 spiro atoms. The lowest BCUT2D eigenvalue weighted by Gasteiger charge is -2.42. The minimum Gasteiger partial charge on any atom is -0.437 e. The highest BCUT2D eigenvalue weighted by Crippen LogP contribution is 2.34. The van der Waals surface area contributed by atoms with E-state index in [1.54, 1.807) is 0 Å². The van der Waals surface area contributed by atoms with Gasteiger partial charge < -0.3 is 92.7 Å². The van der Waals surface area contributed by atoms with Crippen molar-refractivity contribution in [1.82, 2.24) is 0 Å². The van der Waals surface area contributed by atoms with Crippen molar-refractivity contribution >= 4 is 101 Å². The molecule has 0 fully saturated rings. The van der Waals surface area contributed by atoms with E-state index in [1.807, 2.05) is 6.92 Å². The summed E-state index contributed by atoms with van der Waals surface area (Å²) in [6.07, 6.45) is 4.26. The highest BCUT2D eigenvalue weighted by molar-refractivity contribution is 6.90. The van der Waals surface area contributed by atoms with Crippen molar-refractivity contribution < 1.29 is 92.7 Å². The molecule has 20 nitrogen and oxygen atoms in total. The fourth-order valence-corrected chi connectivity index (χ4v) is 60.7. The van der Waals surface area contributed by atoms with E-state index in [4.69, 9.17) is 72.3 Å². The van der Waals surface area contributed by atoms with Crippen molar-refractivity contribution in [2.45, 2.75) is 303 Å². The first-order chi connectivity index (χ1) is 40.7. The fraction of sp³-hybridized carbons (Fsp3) is 1.00. The van der Waals surface area contributed by atoms with E-state index < -0.39 is 125 Å². The molecule has 0 bridgehead atoms. The maximum absolute atomic E-state index is 9.34. The number of aliphatic hydroxyl groups excluding tert-OH is 8. The Hall–Kier alpha value is 1.80. The number of unbranched alkanes of at least 4 members (excludes halogenated alkanes) is 4. The molecule has 0 aliphatic heterocycles. The van der Waals surface area contributed by atoms with E-state index in [0.717, 1.165) is 43.8 Å². The Morgan fingerprint density at radius 2 is 0.593 bits per heavy atom. The normalized spacial score (nSPS) is 16.1. The summed E-state index contributed by atoms with van der Waals surface area (Å²) in [5.74, 6) is 0.301. The van der Waals surface area contributed by atoms with E-state index in [9.17, 15) is 20.4 Å². The quantitative estimate of drug-likeness (QED) is 0.0208. The molecule has 7 unspecified atom stereocenters. The monoisotopic (exact) mass is 1510 g/mol. The molecule has 0 heterocycles. The van der Waals surface area contributed by atoms with Crippen LogP contribution in [0.2, 0.25) is 207 Å².